The first-order valence-corrected chi connectivity index (χ1v) is 14.1. The predicted molar refractivity (Wildman–Crippen MR) is 131 cm³/mol. The second kappa shape index (κ2) is 9.58. The minimum Gasteiger partial charge on any atom is -0.465 e. The lowest BCUT2D eigenvalue weighted by Crippen LogP contribution is -2.41. The number of methoxy groups -OCH3 is 1. The zero-order valence-corrected chi connectivity index (χ0v) is 21.5. The van der Waals surface area contributed by atoms with Crippen LogP contribution in [0, 0.1) is 0 Å². The highest BCUT2D eigenvalue weighted by atomic mass is 28.4. The van der Waals surface area contributed by atoms with E-state index < -0.39 is 26.0 Å². The molecule has 1 heterocycles. The Morgan fingerprint density at radius 1 is 1.00 bits per heavy atom. The molecule has 0 amide bonds. The van der Waals surface area contributed by atoms with Gasteiger partial charge in [0.25, 0.3) is 0 Å². The summed E-state index contributed by atoms with van der Waals surface area (Å²) in [6, 6.07) is 12.6. The third-order valence-corrected chi connectivity index (χ3v) is 11.2. The number of benzene rings is 2. The number of ether oxygens (including phenoxy) is 1. The maximum atomic E-state index is 12.9. The molecule has 0 unspecified atom stereocenters. The van der Waals surface area contributed by atoms with Crippen molar-refractivity contribution < 1.29 is 27.1 Å². The van der Waals surface area contributed by atoms with E-state index in [1.165, 1.54) is 19.2 Å². The molecule has 0 fully saturated rings. The van der Waals surface area contributed by atoms with Gasteiger partial charge >= 0.3 is 12.1 Å². The van der Waals surface area contributed by atoms with Gasteiger partial charge in [-0.25, -0.2) is 4.79 Å². The Hall–Kier alpha value is -2.58. The summed E-state index contributed by atoms with van der Waals surface area (Å²) in [6.45, 7) is 12.1. The molecule has 0 aliphatic carbocycles. The van der Waals surface area contributed by atoms with Crippen LogP contribution in [-0.2, 0) is 28.3 Å². The van der Waals surface area contributed by atoms with Crippen molar-refractivity contribution in [2.75, 3.05) is 13.7 Å². The zero-order chi connectivity index (χ0) is 25.3. The molecule has 34 heavy (non-hydrogen) atoms. The molecule has 0 spiro atoms. The van der Waals surface area contributed by atoms with Gasteiger partial charge in [-0.15, -0.1) is 0 Å². The molecule has 4 nitrogen and oxygen atoms in total. The van der Waals surface area contributed by atoms with Crippen molar-refractivity contribution in [2.24, 2.45) is 0 Å². The van der Waals surface area contributed by atoms with Crippen molar-refractivity contribution in [1.82, 2.24) is 4.57 Å². The fraction of sp³-hybridized carbons (Fsp3) is 0.423. The Balaban J connectivity index is 1.93. The quantitative estimate of drug-likeness (QED) is 0.262. The fourth-order valence-electron chi connectivity index (χ4n) is 3.61. The number of fused-ring (bicyclic) bond motifs is 1. The van der Waals surface area contributed by atoms with Crippen LogP contribution in [0.3, 0.4) is 0 Å². The highest BCUT2D eigenvalue weighted by molar-refractivity contribution is 6.74. The van der Waals surface area contributed by atoms with Crippen molar-refractivity contribution in [2.45, 2.75) is 58.0 Å². The number of esters is 1. The summed E-state index contributed by atoms with van der Waals surface area (Å²) in [6.07, 6.45) is -3.90. The van der Waals surface area contributed by atoms with E-state index in [0.29, 0.717) is 25.1 Å². The highest BCUT2D eigenvalue weighted by Crippen LogP contribution is 2.36. The van der Waals surface area contributed by atoms with Gasteiger partial charge in [0.2, 0.25) is 0 Å². The number of rotatable bonds is 7. The topological polar surface area (TPSA) is 40.5 Å². The molecule has 0 saturated heterocycles. The summed E-state index contributed by atoms with van der Waals surface area (Å²) in [4.78, 5) is 12.0. The normalized spacial score (nSPS) is 12.9. The average molecular weight is 492 g/mol. The molecule has 1 aromatic heterocycles. The Labute approximate surface area is 199 Å². The van der Waals surface area contributed by atoms with Gasteiger partial charge in [0.05, 0.1) is 24.8 Å². The summed E-state index contributed by atoms with van der Waals surface area (Å²) in [7, 11) is -0.592. The van der Waals surface area contributed by atoms with Crippen molar-refractivity contribution in [1.29, 1.82) is 0 Å². The molecular formula is C26H32F3NO3Si. The Morgan fingerprint density at radius 3 is 2.21 bits per heavy atom. The van der Waals surface area contributed by atoms with Crippen LogP contribution in [0.1, 0.15) is 48.0 Å². The molecule has 0 aliphatic rings. The van der Waals surface area contributed by atoms with Crippen LogP contribution >= 0.6 is 0 Å². The van der Waals surface area contributed by atoms with E-state index in [1.807, 2.05) is 12.1 Å². The van der Waals surface area contributed by atoms with E-state index in [0.717, 1.165) is 34.3 Å². The smallest absolute Gasteiger partial charge is 0.416 e. The lowest BCUT2D eigenvalue weighted by Gasteiger charge is -2.36. The van der Waals surface area contributed by atoms with E-state index in [4.69, 9.17) is 9.16 Å². The van der Waals surface area contributed by atoms with E-state index in [2.05, 4.69) is 38.4 Å². The minimum absolute atomic E-state index is 0.0875. The Bertz CT molecular complexity index is 1160. The second-order valence-corrected chi connectivity index (χ2v) is 14.8. The van der Waals surface area contributed by atoms with E-state index in [1.54, 1.807) is 12.1 Å². The molecule has 0 saturated carbocycles. The molecule has 184 valence electrons. The van der Waals surface area contributed by atoms with Crippen molar-refractivity contribution in [3.63, 3.8) is 0 Å². The van der Waals surface area contributed by atoms with Gasteiger partial charge in [-0.05, 0) is 60.1 Å². The molecule has 0 N–H and O–H groups in total. The summed E-state index contributed by atoms with van der Waals surface area (Å²) in [5.74, 6) is -0.416. The number of aromatic nitrogens is 1. The maximum absolute atomic E-state index is 12.9. The number of carbonyl (C=O) groups is 1. The highest BCUT2D eigenvalue weighted by Gasteiger charge is 2.37. The first-order chi connectivity index (χ1) is 15.7. The molecule has 0 radical (unpaired) electrons. The third kappa shape index (κ3) is 5.72. The minimum atomic E-state index is -4.36. The van der Waals surface area contributed by atoms with Crippen LogP contribution in [0.2, 0.25) is 18.1 Å². The van der Waals surface area contributed by atoms with Crippen molar-refractivity contribution in [3.8, 4) is 0 Å². The lowest BCUT2D eigenvalue weighted by molar-refractivity contribution is -0.137. The summed E-state index contributed by atoms with van der Waals surface area (Å²) in [5, 5.41) is 0.960. The van der Waals surface area contributed by atoms with Gasteiger partial charge in [-0.1, -0.05) is 32.9 Å². The molecule has 3 aromatic rings. The molecule has 8 heteroatoms. The number of halogens is 3. The standard InChI is InChI=1S/C26H32F3NO3Si/c1-25(2,3)34(5,6)33-14-13-30-22(15-18-7-10-21(11-8-18)26(27,28)29)17-20-16-19(24(31)32-4)9-12-23(20)30/h7-12,16-17H,13-15H2,1-6H3. The SMILES string of the molecule is COC(=O)c1ccc2c(c1)cc(Cc1ccc(C(F)(F)F)cc1)n2CCO[Si](C)(C)C(C)(C)C. The van der Waals surface area contributed by atoms with E-state index in [9.17, 15) is 18.0 Å². The van der Waals surface area contributed by atoms with Crippen LogP contribution < -0.4 is 0 Å². The Morgan fingerprint density at radius 2 is 1.65 bits per heavy atom. The summed E-state index contributed by atoms with van der Waals surface area (Å²) >= 11 is 0. The number of alkyl halides is 3. The number of hydrogen-bond acceptors (Lipinski definition) is 3. The summed E-state index contributed by atoms with van der Waals surface area (Å²) < 4.78 is 52.2. The number of carbonyl (C=O) groups excluding carboxylic acids is 1. The first kappa shape index (κ1) is 26.0. The number of nitrogens with zero attached hydrogens (tertiary/aromatic N) is 1. The summed E-state index contributed by atoms with van der Waals surface area (Å²) in [5.41, 5.74) is 2.44. The van der Waals surface area contributed by atoms with Gasteiger partial charge in [-0.3, -0.25) is 0 Å². The monoisotopic (exact) mass is 491 g/mol. The molecule has 0 bridgehead atoms. The van der Waals surface area contributed by atoms with Gasteiger partial charge in [0.15, 0.2) is 8.32 Å². The molecule has 3 rings (SSSR count). The van der Waals surface area contributed by atoms with Crippen LogP contribution in [0.25, 0.3) is 10.9 Å². The molecule has 0 atom stereocenters. The van der Waals surface area contributed by atoms with Crippen molar-refractivity contribution in [3.05, 3.63) is 70.9 Å². The average Bonchev–Trinajstić information content (AvgIpc) is 3.08. The van der Waals surface area contributed by atoms with Crippen LogP contribution in [0.5, 0.6) is 0 Å². The molecule has 0 aliphatic heterocycles. The zero-order valence-electron chi connectivity index (χ0n) is 20.5. The third-order valence-electron chi connectivity index (χ3n) is 6.66. The first-order valence-electron chi connectivity index (χ1n) is 11.2. The van der Waals surface area contributed by atoms with Gasteiger partial charge < -0.3 is 13.7 Å². The molecule has 2 aromatic carbocycles. The predicted octanol–water partition coefficient (Wildman–Crippen LogP) is 7.06. The largest absolute Gasteiger partial charge is 0.465 e. The second-order valence-electron chi connectivity index (χ2n) is 10.0. The Kier molecular flexibility index (Phi) is 7.33. The van der Waals surface area contributed by atoms with Crippen molar-refractivity contribution >= 4 is 25.2 Å². The van der Waals surface area contributed by atoms with Crippen LogP contribution in [0.15, 0.2) is 48.5 Å². The van der Waals surface area contributed by atoms with Gasteiger partial charge in [-0.2, -0.15) is 13.2 Å². The van der Waals surface area contributed by atoms with E-state index in [-0.39, 0.29) is 5.04 Å². The fourth-order valence-corrected chi connectivity index (χ4v) is 4.65. The van der Waals surface area contributed by atoms with Gasteiger partial charge in [0.1, 0.15) is 0 Å². The van der Waals surface area contributed by atoms with Crippen LogP contribution in [-0.4, -0.2) is 32.6 Å². The van der Waals surface area contributed by atoms with E-state index >= 15 is 0 Å². The van der Waals surface area contributed by atoms with Crippen LogP contribution in [0.4, 0.5) is 13.2 Å². The number of hydrogen-bond donors (Lipinski definition) is 0. The van der Waals surface area contributed by atoms with Gasteiger partial charge in [0, 0.05) is 29.6 Å². The molecular weight excluding hydrogens is 459 g/mol. The lowest BCUT2D eigenvalue weighted by atomic mass is 10.1. The maximum Gasteiger partial charge on any atom is 0.416 e.